The van der Waals surface area contributed by atoms with Crippen LogP contribution in [0.3, 0.4) is 0 Å². The van der Waals surface area contributed by atoms with Crippen LogP contribution in [-0.4, -0.2) is 44.8 Å². The fourth-order valence-electron chi connectivity index (χ4n) is 4.73. The van der Waals surface area contributed by atoms with Crippen molar-refractivity contribution < 1.29 is 18.0 Å². The lowest BCUT2D eigenvalue weighted by molar-refractivity contribution is -0.139. The number of sulfonamides is 1. The highest BCUT2D eigenvalue weighted by atomic mass is 79.9. The molecule has 4 aromatic rings. The summed E-state index contributed by atoms with van der Waals surface area (Å²) < 4.78 is 30.2. The maximum atomic E-state index is 14.4. The summed E-state index contributed by atoms with van der Waals surface area (Å²) in [5.41, 5.74) is 3.66. The summed E-state index contributed by atoms with van der Waals surface area (Å²) in [5.74, 6) is -0.837. The van der Waals surface area contributed by atoms with Gasteiger partial charge in [-0.15, -0.1) is 0 Å². The maximum Gasteiger partial charge on any atom is 0.264 e. The monoisotopic (exact) mass is 647 g/mol. The largest absolute Gasteiger partial charge is 0.357 e. The molecule has 1 N–H and O–H groups in total. The smallest absolute Gasteiger partial charge is 0.264 e. The summed E-state index contributed by atoms with van der Waals surface area (Å²) in [4.78, 5) is 29.2. The Hall–Kier alpha value is -3.95. The molecule has 4 rings (SSSR count). The average molecular weight is 649 g/mol. The lowest BCUT2D eigenvalue weighted by atomic mass is 10.0. The number of benzene rings is 4. The van der Waals surface area contributed by atoms with Crippen molar-refractivity contribution in [2.75, 3.05) is 17.9 Å². The van der Waals surface area contributed by atoms with Crippen molar-refractivity contribution in [1.29, 1.82) is 0 Å². The van der Waals surface area contributed by atoms with Crippen LogP contribution in [0.4, 0.5) is 5.69 Å². The maximum absolute atomic E-state index is 14.4. The molecule has 0 aliphatic rings. The standard InChI is InChI=1S/C33H34BrN3O4S/c1-24-14-15-25(2)30(20-24)37(42(40,41)29-12-8-5-9-13-29)23-32(38)36(22-27-16-18-28(34)19-17-27)31(33(39)35-3)21-26-10-6-4-7-11-26/h4-20,31H,21-23H2,1-3H3,(H,35,39)/t31-/m0/s1. The Bertz CT molecular complexity index is 1630. The number of rotatable bonds is 11. The normalized spacial score (nSPS) is 11.9. The predicted molar refractivity (Wildman–Crippen MR) is 170 cm³/mol. The summed E-state index contributed by atoms with van der Waals surface area (Å²) in [6, 6.07) is 29.6. The van der Waals surface area contributed by atoms with Crippen LogP contribution in [0, 0.1) is 13.8 Å². The molecule has 42 heavy (non-hydrogen) atoms. The lowest BCUT2D eigenvalue weighted by Crippen LogP contribution is -2.53. The van der Waals surface area contributed by atoms with Crippen LogP contribution in [0.25, 0.3) is 0 Å². The Balaban J connectivity index is 1.81. The van der Waals surface area contributed by atoms with E-state index in [0.717, 1.165) is 25.5 Å². The van der Waals surface area contributed by atoms with Crippen LogP contribution < -0.4 is 9.62 Å². The summed E-state index contributed by atoms with van der Waals surface area (Å²) >= 11 is 3.45. The fraction of sp³-hybridized carbons (Fsp3) is 0.212. The third-order valence-corrected chi connectivity index (χ3v) is 9.33. The molecule has 218 valence electrons. The molecule has 2 amide bonds. The van der Waals surface area contributed by atoms with Crippen LogP contribution in [-0.2, 0) is 32.6 Å². The van der Waals surface area contributed by atoms with Crippen LogP contribution in [0.15, 0.2) is 112 Å². The highest BCUT2D eigenvalue weighted by molar-refractivity contribution is 9.10. The second-order valence-electron chi connectivity index (χ2n) is 10.1. The number of anilines is 1. The van der Waals surface area contributed by atoms with Crippen molar-refractivity contribution in [3.05, 3.63) is 130 Å². The van der Waals surface area contributed by atoms with Gasteiger partial charge in [-0.25, -0.2) is 8.42 Å². The van der Waals surface area contributed by atoms with E-state index in [1.165, 1.54) is 24.1 Å². The quantitative estimate of drug-likeness (QED) is 0.228. The number of nitrogens with zero attached hydrogens (tertiary/aromatic N) is 2. The van der Waals surface area contributed by atoms with Gasteiger partial charge in [-0.05, 0) is 66.4 Å². The highest BCUT2D eigenvalue weighted by Crippen LogP contribution is 2.29. The Kier molecular flexibility index (Phi) is 10.2. The number of hydrogen-bond acceptors (Lipinski definition) is 4. The second kappa shape index (κ2) is 13.8. The van der Waals surface area contributed by atoms with Crippen molar-refractivity contribution in [2.24, 2.45) is 0 Å². The first kappa shape index (κ1) is 31.0. The molecule has 7 nitrogen and oxygen atoms in total. The van der Waals surface area contributed by atoms with Gasteiger partial charge in [-0.2, -0.15) is 0 Å². The molecule has 1 atom stereocenters. The van der Waals surface area contributed by atoms with Crippen molar-refractivity contribution in [3.63, 3.8) is 0 Å². The zero-order valence-electron chi connectivity index (χ0n) is 23.8. The number of likely N-dealkylation sites (N-methyl/N-ethyl adjacent to an activating group) is 1. The van der Waals surface area contributed by atoms with E-state index < -0.39 is 28.5 Å². The summed E-state index contributed by atoms with van der Waals surface area (Å²) in [6.45, 7) is 3.32. The van der Waals surface area contributed by atoms with E-state index in [-0.39, 0.29) is 23.8 Å². The topological polar surface area (TPSA) is 86.8 Å². The Labute approximate surface area is 256 Å². The number of amides is 2. The van der Waals surface area contributed by atoms with Gasteiger partial charge in [0, 0.05) is 24.5 Å². The molecular weight excluding hydrogens is 614 g/mol. The number of carbonyl (C=O) groups excluding carboxylic acids is 2. The fourth-order valence-corrected chi connectivity index (χ4v) is 6.48. The van der Waals surface area contributed by atoms with Crippen molar-refractivity contribution in [2.45, 2.75) is 37.8 Å². The average Bonchev–Trinajstić information content (AvgIpc) is 3.00. The number of hydrogen-bond donors (Lipinski definition) is 1. The molecule has 4 aromatic carbocycles. The van der Waals surface area contributed by atoms with Crippen molar-refractivity contribution >= 4 is 43.5 Å². The van der Waals surface area contributed by atoms with Crippen LogP contribution in [0.1, 0.15) is 22.3 Å². The van der Waals surface area contributed by atoms with Gasteiger partial charge in [0.25, 0.3) is 10.0 Å². The predicted octanol–water partition coefficient (Wildman–Crippen LogP) is 5.65. The molecule has 9 heteroatoms. The van der Waals surface area contributed by atoms with Gasteiger partial charge in [0.15, 0.2) is 0 Å². The first-order valence-corrected chi connectivity index (χ1v) is 15.8. The summed E-state index contributed by atoms with van der Waals surface area (Å²) in [5, 5.41) is 2.70. The number of carbonyl (C=O) groups is 2. The minimum atomic E-state index is -4.13. The van der Waals surface area contributed by atoms with Crippen LogP contribution in [0.2, 0.25) is 0 Å². The van der Waals surface area contributed by atoms with Crippen molar-refractivity contribution in [1.82, 2.24) is 10.2 Å². The number of nitrogens with one attached hydrogen (secondary N) is 1. The molecule has 0 aromatic heterocycles. The number of aryl methyl sites for hydroxylation is 2. The molecule has 0 saturated carbocycles. The molecule has 0 fully saturated rings. The SMILES string of the molecule is CNC(=O)[C@H](Cc1ccccc1)N(Cc1ccc(Br)cc1)C(=O)CN(c1cc(C)ccc1C)S(=O)(=O)c1ccccc1. The van der Waals surface area contributed by atoms with Gasteiger partial charge < -0.3 is 10.2 Å². The van der Waals surface area contributed by atoms with E-state index in [0.29, 0.717) is 11.3 Å². The molecule has 0 unspecified atom stereocenters. The van der Waals surface area contributed by atoms with Gasteiger partial charge in [0.05, 0.1) is 10.6 Å². The van der Waals surface area contributed by atoms with Gasteiger partial charge in [0.1, 0.15) is 12.6 Å². The van der Waals surface area contributed by atoms with E-state index >= 15 is 0 Å². The third-order valence-electron chi connectivity index (χ3n) is 7.03. The minimum Gasteiger partial charge on any atom is -0.357 e. The molecule has 0 radical (unpaired) electrons. The zero-order valence-corrected chi connectivity index (χ0v) is 26.2. The van der Waals surface area contributed by atoms with E-state index in [1.807, 2.05) is 80.6 Å². The van der Waals surface area contributed by atoms with Crippen LogP contribution >= 0.6 is 15.9 Å². The third kappa shape index (κ3) is 7.46. The molecule has 0 spiro atoms. The number of halogens is 1. The minimum absolute atomic E-state index is 0.0744. The summed E-state index contributed by atoms with van der Waals surface area (Å²) in [6.07, 6.45) is 0.262. The first-order chi connectivity index (χ1) is 20.1. The molecule has 0 heterocycles. The first-order valence-electron chi connectivity index (χ1n) is 13.5. The van der Waals surface area contributed by atoms with E-state index in [9.17, 15) is 18.0 Å². The van der Waals surface area contributed by atoms with Gasteiger partial charge in [-0.1, -0.05) is 88.7 Å². The summed E-state index contributed by atoms with van der Waals surface area (Å²) in [7, 11) is -2.60. The Morgan fingerprint density at radius 3 is 2.07 bits per heavy atom. The van der Waals surface area contributed by atoms with E-state index in [2.05, 4.69) is 21.2 Å². The molecule has 0 aliphatic carbocycles. The molecule has 0 saturated heterocycles. The highest BCUT2D eigenvalue weighted by Gasteiger charge is 2.34. The second-order valence-corrected chi connectivity index (χ2v) is 12.9. The molecule has 0 aliphatic heterocycles. The molecular formula is C33H34BrN3O4S. The Morgan fingerprint density at radius 2 is 1.45 bits per heavy atom. The van der Waals surface area contributed by atoms with Gasteiger partial charge >= 0.3 is 0 Å². The van der Waals surface area contributed by atoms with Crippen LogP contribution in [0.5, 0.6) is 0 Å². The molecule has 0 bridgehead atoms. The van der Waals surface area contributed by atoms with E-state index in [4.69, 9.17) is 0 Å². The van der Waals surface area contributed by atoms with Gasteiger partial charge in [0.2, 0.25) is 11.8 Å². The van der Waals surface area contributed by atoms with Gasteiger partial charge in [-0.3, -0.25) is 13.9 Å². The van der Waals surface area contributed by atoms with Crippen molar-refractivity contribution in [3.8, 4) is 0 Å². The lowest BCUT2D eigenvalue weighted by Gasteiger charge is -2.34. The zero-order chi connectivity index (χ0) is 30.3. The Morgan fingerprint density at radius 1 is 0.833 bits per heavy atom. The van der Waals surface area contributed by atoms with E-state index in [1.54, 1.807) is 24.3 Å².